The van der Waals surface area contributed by atoms with Crippen molar-refractivity contribution in [3.05, 3.63) is 63.1 Å². The van der Waals surface area contributed by atoms with Gasteiger partial charge in [-0.2, -0.15) is 10.4 Å². The highest BCUT2D eigenvalue weighted by atomic mass is 35.5. The molecule has 0 aliphatic heterocycles. The number of hydrogen-bond donors (Lipinski definition) is 2. The molecule has 0 heterocycles. The number of carbonyl (C=O) groups excluding carboxylic acids is 1. The summed E-state index contributed by atoms with van der Waals surface area (Å²) in [7, 11) is 0. The van der Waals surface area contributed by atoms with Gasteiger partial charge in [0, 0.05) is 16.1 Å². The molecule has 0 saturated heterocycles. The van der Waals surface area contributed by atoms with E-state index in [4.69, 9.17) is 28.5 Å². The van der Waals surface area contributed by atoms with Gasteiger partial charge in [0.1, 0.15) is 5.75 Å². The van der Waals surface area contributed by atoms with Gasteiger partial charge in [-0.25, -0.2) is 5.43 Å². The maximum absolute atomic E-state index is 11.8. The number of nitrogens with zero attached hydrogens (tertiary/aromatic N) is 2. The minimum atomic E-state index is -0.451. The van der Waals surface area contributed by atoms with Gasteiger partial charge in [0.05, 0.1) is 22.9 Å². The van der Waals surface area contributed by atoms with Gasteiger partial charge in [-0.15, -0.1) is 0 Å². The maximum atomic E-state index is 11.8. The molecule has 1 amide bonds. The standard InChI is InChI=1S/C15H9Cl2N3O2/c16-12-5-11(14(21)13(17)6-12)8-19-20-15(22)10-3-1-9(7-18)2-4-10/h1-6,8,21H,(H,20,22)/b19-8+. The quantitative estimate of drug-likeness (QED) is 0.667. The van der Waals surface area contributed by atoms with Crippen LogP contribution in [0.4, 0.5) is 0 Å². The molecule has 0 fully saturated rings. The van der Waals surface area contributed by atoms with E-state index in [0.717, 1.165) is 0 Å². The van der Waals surface area contributed by atoms with Crippen molar-refractivity contribution in [1.82, 2.24) is 5.43 Å². The third-order valence-corrected chi connectivity index (χ3v) is 3.21. The number of hydrogen-bond acceptors (Lipinski definition) is 4. The Balaban J connectivity index is 2.09. The molecule has 110 valence electrons. The van der Waals surface area contributed by atoms with Crippen molar-refractivity contribution in [2.75, 3.05) is 0 Å². The van der Waals surface area contributed by atoms with Gasteiger partial charge in [0.25, 0.3) is 5.91 Å². The minimum absolute atomic E-state index is 0.0902. The Bertz CT molecular complexity index is 781. The summed E-state index contributed by atoms with van der Waals surface area (Å²) in [6.45, 7) is 0. The van der Waals surface area contributed by atoms with E-state index in [9.17, 15) is 9.90 Å². The molecule has 0 unspecified atom stereocenters. The molecule has 2 aromatic rings. The van der Waals surface area contributed by atoms with E-state index in [1.54, 1.807) is 0 Å². The molecule has 0 aromatic heterocycles. The number of carbonyl (C=O) groups is 1. The molecule has 0 saturated carbocycles. The summed E-state index contributed by atoms with van der Waals surface area (Å²) in [5.74, 6) is -0.629. The first-order valence-electron chi connectivity index (χ1n) is 6.03. The summed E-state index contributed by atoms with van der Waals surface area (Å²) in [4.78, 5) is 11.8. The van der Waals surface area contributed by atoms with E-state index in [2.05, 4.69) is 10.5 Å². The van der Waals surface area contributed by atoms with Gasteiger partial charge in [-0.3, -0.25) is 4.79 Å². The van der Waals surface area contributed by atoms with Crippen LogP contribution in [0.25, 0.3) is 0 Å². The lowest BCUT2D eigenvalue weighted by Gasteiger charge is -2.03. The predicted molar refractivity (Wildman–Crippen MR) is 84.3 cm³/mol. The SMILES string of the molecule is N#Cc1ccc(C(=O)N/N=C/c2cc(Cl)cc(Cl)c2O)cc1. The van der Waals surface area contributed by atoms with Gasteiger partial charge in [0.2, 0.25) is 0 Å². The first-order valence-corrected chi connectivity index (χ1v) is 6.78. The molecule has 0 aliphatic rings. The molecule has 0 aliphatic carbocycles. The highest BCUT2D eigenvalue weighted by molar-refractivity contribution is 6.36. The van der Waals surface area contributed by atoms with Crippen molar-refractivity contribution in [1.29, 1.82) is 5.26 Å². The number of amides is 1. The second kappa shape index (κ2) is 6.94. The zero-order valence-corrected chi connectivity index (χ0v) is 12.6. The molecule has 0 radical (unpaired) electrons. The summed E-state index contributed by atoms with van der Waals surface area (Å²) in [5.41, 5.74) is 3.39. The van der Waals surface area contributed by atoms with Gasteiger partial charge in [-0.1, -0.05) is 23.2 Å². The molecular formula is C15H9Cl2N3O2. The first kappa shape index (κ1) is 15.8. The summed E-state index contributed by atoms with van der Waals surface area (Å²) >= 11 is 11.6. The summed E-state index contributed by atoms with van der Waals surface area (Å²) in [6, 6.07) is 10.9. The average Bonchev–Trinajstić information content (AvgIpc) is 2.51. The number of phenolic OH excluding ortho intramolecular Hbond substituents is 1. The Morgan fingerprint density at radius 3 is 2.59 bits per heavy atom. The van der Waals surface area contributed by atoms with Crippen LogP contribution in [-0.4, -0.2) is 17.2 Å². The number of aromatic hydroxyl groups is 1. The third-order valence-electron chi connectivity index (χ3n) is 2.70. The summed E-state index contributed by atoms with van der Waals surface area (Å²) in [6.07, 6.45) is 1.23. The van der Waals surface area contributed by atoms with Gasteiger partial charge >= 0.3 is 0 Å². The number of benzene rings is 2. The number of phenols is 1. The minimum Gasteiger partial charge on any atom is -0.506 e. The fraction of sp³-hybridized carbons (Fsp3) is 0. The van der Waals surface area contributed by atoms with Gasteiger partial charge in [-0.05, 0) is 36.4 Å². The fourth-order valence-corrected chi connectivity index (χ4v) is 2.11. The van der Waals surface area contributed by atoms with Crippen LogP contribution in [0.2, 0.25) is 10.0 Å². The van der Waals surface area contributed by atoms with Crippen molar-refractivity contribution >= 4 is 35.3 Å². The molecule has 7 heteroatoms. The van der Waals surface area contributed by atoms with Gasteiger partial charge < -0.3 is 5.11 Å². The molecule has 0 atom stereocenters. The van der Waals surface area contributed by atoms with Crippen molar-refractivity contribution in [3.63, 3.8) is 0 Å². The van der Waals surface area contributed by atoms with Crippen LogP contribution in [-0.2, 0) is 0 Å². The van der Waals surface area contributed by atoms with Gasteiger partial charge in [0.15, 0.2) is 0 Å². The fourth-order valence-electron chi connectivity index (χ4n) is 1.61. The normalized spacial score (nSPS) is 10.4. The predicted octanol–water partition coefficient (Wildman–Crippen LogP) is 3.33. The highest BCUT2D eigenvalue weighted by Gasteiger charge is 2.07. The second-order valence-corrected chi connectivity index (χ2v) is 5.06. The van der Waals surface area contributed by atoms with E-state index in [0.29, 0.717) is 16.1 Å². The smallest absolute Gasteiger partial charge is 0.271 e. The number of nitrogens with one attached hydrogen (secondary N) is 1. The lowest BCUT2D eigenvalue weighted by Crippen LogP contribution is -2.17. The Kier molecular flexibility index (Phi) is 4.99. The van der Waals surface area contributed by atoms with E-state index >= 15 is 0 Å². The third kappa shape index (κ3) is 3.76. The summed E-state index contributed by atoms with van der Waals surface area (Å²) in [5, 5.41) is 22.6. The first-order chi connectivity index (χ1) is 10.5. The largest absolute Gasteiger partial charge is 0.506 e. The van der Waals surface area contributed by atoms with E-state index in [1.165, 1.54) is 42.6 Å². The zero-order valence-electron chi connectivity index (χ0n) is 11.0. The van der Waals surface area contributed by atoms with Crippen LogP contribution in [0.5, 0.6) is 5.75 Å². The Labute approximate surface area is 136 Å². The van der Waals surface area contributed by atoms with Crippen molar-refractivity contribution in [3.8, 4) is 11.8 Å². The topological polar surface area (TPSA) is 85.5 Å². The van der Waals surface area contributed by atoms with Crippen LogP contribution in [0, 0.1) is 11.3 Å². The summed E-state index contributed by atoms with van der Waals surface area (Å²) < 4.78 is 0. The van der Waals surface area contributed by atoms with Crippen LogP contribution < -0.4 is 5.43 Å². The molecule has 22 heavy (non-hydrogen) atoms. The monoisotopic (exact) mass is 333 g/mol. The molecule has 2 aromatic carbocycles. The molecule has 2 N–H and O–H groups in total. The molecule has 2 rings (SSSR count). The van der Waals surface area contributed by atoms with Crippen molar-refractivity contribution in [2.45, 2.75) is 0 Å². The second-order valence-electron chi connectivity index (χ2n) is 4.21. The average molecular weight is 334 g/mol. The van der Waals surface area contributed by atoms with E-state index < -0.39 is 5.91 Å². The number of hydrazone groups is 1. The molecule has 5 nitrogen and oxygen atoms in total. The van der Waals surface area contributed by atoms with Crippen molar-refractivity contribution < 1.29 is 9.90 Å². The van der Waals surface area contributed by atoms with Crippen LogP contribution in [0.1, 0.15) is 21.5 Å². The van der Waals surface area contributed by atoms with E-state index in [-0.39, 0.29) is 16.3 Å². The number of rotatable bonds is 3. The Morgan fingerprint density at radius 2 is 1.95 bits per heavy atom. The van der Waals surface area contributed by atoms with Crippen LogP contribution in [0.15, 0.2) is 41.5 Å². The highest BCUT2D eigenvalue weighted by Crippen LogP contribution is 2.29. The number of nitriles is 1. The molecule has 0 spiro atoms. The van der Waals surface area contributed by atoms with Crippen molar-refractivity contribution in [2.24, 2.45) is 5.10 Å². The molecular weight excluding hydrogens is 325 g/mol. The lowest BCUT2D eigenvalue weighted by molar-refractivity contribution is 0.0955. The van der Waals surface area contributed by atoms with Crippen LogP contribution in [0.3, 0.4) is 0 Å². The Hall–Kier alpha value is -2.55. The molecule has 0 bridgehead atoms. The zero-order chi connectivity index (χ0) is 16.1. The number of halogens is 2. The lowest BCUT2D eigenvalue weighted by atomic mass is 10.1. The Morgan fingerprint density at radius 1 is 1.27 bits per heavy atom. The maximum Gasteiger partial charge on any atom is 0.271 e. The van der Waals surface area contributed by atoms with Crippen LogP contribution >= 0.6 is 23.2 Å². The van der Waals surface area contributed by atoms with E-state index in [1.807, 2.05) is 6.07 Å².